The molecule has 9 heteroatoms. The summed E-state index contributed by atoms with van der Waals surface area (Å²) in [5.74, 6) is -0.328. The maximum atomic E-state index is 12.8. The fourth-order valence-corrected chi connectivity index (χ4v) is 8.80. The van der Waals surface area contributed by atoms with E-state index in [4.69, 9.17) is 18.5 Å². The van der Waals surface area contributed by atoms with E-state index in [9.17, 15) is 14.3 Å². The number of nitrogens with zero attached hydrogens (tertiary/aromatic N) is 1. The Morgan fingerprint density at radius 2 is 0.825 bits per heavy atom. The number of phosphoric ester groups is 1. The number of unbranched alkanes of at least 4 members (excludes halogenated alkanes) is 36. The van der Waals surface area contributed by atoms with Crippen molar-refractivity contribution in [1.29, 1.82) is 0 Å². The van der Waals surface area contributed by atoms with E-state index in [0.717, 1.165) is 32.1 Å². The number of likely N-dealkylation sites (N-methyl/N-ethyl adjacent to an activating group) is 1. The van der Waals surface area contributed by atoms with Gasteiger partial charge in [-0.3, -0.25) is 9.36 Å². The zero-order chi connectivity index (χ0) is 46.2. The summed E-state index contributed by atoms with van der Waals surface area (Å²) in [5, 5.41) is 0. The van der Waals surface area contributed by atoms with Crippen molar-refractivity contribution in [3.05, 3.63) is 12.2 Å². The van der Waals surface area contributed by atoms with Gasteiger partial charge in [0, 0.05) is 13.0 Å². The minimum atomic E-state index is -4.53. The second kappa shape index (κ2) is 47.7. The Bertz CT molecular complexity index is 1020. The monoisotopic (exact) mass is 914 g/mol. The third-order valence-corrected chi connectivity index (χ3v) is 13.3. The van der Waals surface area contributed by atoms with Gasteiger partial charge in [0.1, 0.15) is 19.3 Å². The van der Waals surface area contributed by atoms with Gasteiger partial charge in [-0.25, -0.2) is 0 Å². The van der Waals surface area contributed by atoms with E-state index in [1.807, 2.05) is 21.1 Å². The molecule has 63 heavy (non-hydrogen) atoms. The first-order valence-corrected chi connectivity index (χ1v) is 28.9. The Kier molecular flexibility index (Phi) is 47.1. The van der Waals surface area contributed by atoms with Crippen LogP contribution < -0.4 is 4.89 Å². The Hall–Kier alpha value is -0.760. The lowest BCUT2D eigenvalue weighted by molar-refractivity contribution is -0.870. The molecule has 376 valence electrons. The molecule has 0 aliphatic rings. The first-order chi connectivity index (χ1) is 30.6. The highest BCUT2D eigenvalue weighted by Gasteiger charge is 2.20. The lowest BCUT2D eigenvalue weighted by Gasteiger charge is -2.28. The van der Waals surface area contributed by atoms with Crippen LogP contribution in [-0.2, 0) is 27.9 Å². The molecule has 0 N–H and O–H groups in total. The van der Waals surface area contributed by atoms with Crippen LogP contribution in [0.5, 0.6) is 0 Å². The van der Waals surface area contributed by atoms with Crippen LogP contribution in [0, 0.1) is 0 Å². The molecule has 0 aliphatic carbocycles. The summed E-state index contributed by atoms with van der Waals surface area (Å²) in [6.07, 6.45) is 55.3. The van der Waals surface area contributed by atoms with Crippen LogP contribution in [-0.4, -0.2) is 70.7 Å². The molecule has 0 radical (unpaired) electrons. The van der Waals surface area contributed by atoms with Crippen LogP contribution in [0.25, 0.3) is 0 Å². The molecule has 0 saturated carbocycles. The maximum absolute atomic E-state index is 12.8. The van der Waals surface area contributed by atoms with Crippen molar-refractivity contribution >= 4 is 13.8 Å². The Labute approximate surface area is 392 Å². The van der Waals surface area contributed by atoms with E-state index >= 15 is 0 Å². The molecule has 8 nitrogen and oxygen atoms in total. The lowest BCUT2D eigenvalue weighted by Crippen LogP contribution is -2.37. The molecule has 0 bridgehead atoms. The standard InChI is InChI=1S/C54H108NO7P/c1-6-8-10-12-14-16-18-20-22-24-26-27-28-29-30-31-33-35-37-39-41-43-45-47-54(56)62-53(52-61-63(57,58)60-50-48-55(3,4)5)51-59-49-46-44-42-40-38-36-34-32-25-23-21-19-17-15-13-11-9-7-2/h24,26,53H,6-23,25,27-52H2,1-5H3/b26-24-. The van der Waals surface area contributed by atoms with Crippen LogP contribution in [0.1, 0.15) is 271 Å². The summed E-state index contributed by atoms with van der Waals surface area (Å²) in [4.78, 5) is 25.2. The molecule has 0 heterocycles. The van der Waals surface area contributed by atoms with Crippen molar-refractivity contribution in [3.8, 4) is 0 Å². The highest BCUT2D eigenvalue weighted by molar-refractivity contribution is 7.45. The molecule has 0 aliphatic heterocycles. The fourth-order valence-electron chi connectivity index (χ4n) is 8.07. The quantitative estimate of drug-likeness (QED) is 0.0197. The van der Waals surface area contributed by atoms with Crippen molar-refractivity contribution in [2.75, 3.05) is 54.1 Å². The second-order valence-electron chi connectivity index (χ2n) is 20.0. The van der Waals surface area contributed by atoms with Crippen LogP contribution in [0.3, 0.4) is 0 Å². The summed E-state index contributed by atoms with van der Waals surface area (Å²) in [7, 11) is 1.37. The van der Waals surface area contributed by atoms with E-state index in [0.29, 0.717) is 24.1 Å². The third kappa shape index (κ3) is 52.1. The average Bonchev–Trinajstić information content (AvgIpc) is 3.24. The molecule has 2 atom stereocenters. The zero-order valence-electron chi connectivity index (χ0n) is 42.8. The van der Waals surface area contributed by atoms with Crippen LogP contribution in [0.15, 0.2) is 12.2 Å². The van der Waals surface area contributed by atoms with Crippen LogP contribution in [0.2, 0.25) is 0 Å². The van der Waals surface area contributed by atoms with Gasteiger partial charge in [0.25, 0.3) is 7.82 Å². The summed E-state index contributed by atoms with van der Waals surface area (Å²) in [6.45, 7) is 5.48. The van der Waals surface area contributed by atoms with Crippen molar-refractivity contribution in [2.24, 2.45) is 0 Å². The van der Waals surface area contributed by atoms with Crippen LogP contribution >= 0.6 is 7.82 Å². The molecule has 0 aromatic heterocycles. The minimum absolute atomic E-state index is 0.0299. The van der Waals surface area contributed by atoms with Gasteiger partial charge in [-0.1, -0.05) is 238 Å². The number of quaternary nitrogens is 1. The van der Waals surface area contributed by atoms with Gasteiger partial charge < -0.3 is 27.9 Å². The average molecular weight is 914 g/mol. The molecular formula is C54H108NO7P. The van der Waals surface area contributed by atoms with Gasteiger partial charge >= 0.3 is 5.97 Å². The number of rotatable bonds is 52. The molecule has 0 saturated heterocycles. The number of phosphoric acid groups is 1. The highest BCUT2D eigenvalue weighted by Crippen LogP contribution is 2.38. The third-order valence-electron chi connectivity index (χ3n) is 12.3. The highest BCUT2D eigenvalue weighted by atomic mass is 31.2. The minimum Gasteiger partial charge on any atom is -0.756 e. The van der Waals surface area contributed by atoms with Gasteiger partial charge in [0.15, 0.2) is 0 Å². The summed E-state index contributed by atoms with van der Waals surface area (Å²) < 4.78 is 34.8. The van der Waals surface area contributed by atoms with Gasteiger partial charge in [-0.05, 0) is 38.5 Å². The first-order valence-electron chi connectivity index (χ1n) is 27.4. The number of allylic oxidation sites excluding steroid dienone is 2. The normalized spacial score (nSPS) is 13.6. The summed E-state index contributed by atoms with van der Waals surface area (Å²) in [6, 6.07) is 0. The largest absolute Gasteiger partial charge is 0.756 e. The Morgan fingerprint density at radius 1 is 0.476 bits per heavy atom. The van der Waals surface area contributed by atoms with E-state index in [-0.39, 0.29) is 25.8 Å². The molecule has 0 fully saturated rings. The predicted octanol–water partition coefficient (Wildman–Crippen LogP) is 16.3. The maximum Gasteiger partial charge on any atom is 0.306 e. The number of carbonyl (C=O) groups is 1. The summed E-state index contributed by atoms with van der Waals surface area (Å²) >= 11 is 0. The van der Waals surface area contributed by atoms with Gasteiger partial charge in [0.2, 0.25) is 0 Å². The number of hydrogen-bond acceptors (Lipinski definition) is 7. The van der Waals surface area contributed by atoms with E-state index in [2.05, 4.69) is 26.0 Å². The molecule has 0 aromatic carbocycles. The molecule has 0 rings (SSSR count). The predicted molar refractivity (Wildman–Crippen MR) is 268 cm³/mol. The number of esters is 1. The number of ether oxygens (including phenoxy) is 2. The topological polar surface area (TPSA) is 94.1 Å². The van der Waals surface area contributed by atoms with Crippen molar-refractivity contribution in [1.82, 2.24) is 0 Å². The van der Waals surface area contributed by atoms with Crippen molar-refractivity contribution < 1.29 is 37.3 Å². The van der Waals surface area contributed by atoms with Gasteiger partial charge in [-0.2, -0.15) is 0 Å². The van der Waals surface area contributed by atoms with E-state index in [1.165, 1.54) is 218 Å². The molecule has 0 aromatic rings. The number of hydrogen-bond donors (Lipinski definition) is 0. The van der Waals surface area contributed by atoms with Crippen molar-refractivity contribution in [3.63, 3.8) is 0 Å². The van der Waals surface area contributed by atoms with E-state index < -0.39 is 13.9 Å². The Balaban J connectivity index is 4.06. The smallest absolute Gasteiger partial charge is 0.306 e. The molecule has 2 unspecified atom stereocenters. The Morgan fingerprint density at radius 3 is 1.21 bits per heavy atom. The van der Waals surface area contributed by atoms with Gasteiger partial charge in [0.05, 0.1) is 34.4 Å². The first kappa shape index (κ1) is 62.2. The van der Waals surface area contributed by atoms with E-state index in [1.54, 1.807) is 0 Å². The SMILES string of the molecule is CCCCCCCCCC/C=C\CCCCCCCCCCCCCC(=O)OC(COCCCCCCCCCCCCCCCCCCCC)COP(=O)([O-])OCC[N+](C)(C)C. The number of carbonyl (C=O) groups excluding carboxylic acids is 1. The second-order valence-corrected chi connectivity index (χ2v) is 21.4. The zero-order valence-corrected chi connectivity index (χ0v) is 43.7. The van der Waals surface area contributed by atoms with Gasteiger partial charge in [-0.15, -0.1) is 0 Å². The molecule has 0 spiro atoms. The van der Waals surface area contributed by atoms with Crippen molar-refractivity contribution in [2.45, 2.75) is 277 Å². The molecule has 0 amide bonds. The fraction of sp³-hybridized carbons (Fsp3) is 0.944. The van der Waals surface area contributed by atoms with Crippen LogP contribution in [0.4, 0.5) is 0 Å². The lowest BCUT2D eigenvalue weighted by atomic mass is 10.0. The summed E-state index contributed by atoms with van der Waals surface area (Å²) in [5.41, 5.74) is 0. The molecular weight excluding hydrogens is 806 g/mol.